The minimum atomic E-state index is -0.498. The first-order valence-electron chi connectivity index (χ1n) is 10.3. The Labute approximate surface area is 188 Å². The van der Waals surface area contributed by atoms with Gasteiger partial charge < -0.3 is 11.1 Å². The van der Waals surface area contributed by atoms with Gasteiger partial charge >= 0.3 is 0 Å². The van der Waals surface area contributed by atoms with Crippen LogP contribution in [0.1, 0.15) is 27.7 Å². The molecule has 5 aromatic rings. The lowest BCUT2D eigenvalue weighted by Gasteiger charge is -2.19. The zero-order valence-corrected chi connectivity index (χ0v) is 17.4. The molecule has 1 amide bonds. The number of nitrogens with two attached hydrogens (primary N) is 1. The number of nitrogens with one attached hydrogen (secondary N) is 1. The van der Waals surface area contributed by atoms with Crippen LogP contribution >= 0.6 is 0 Å². The van der Waals surface area contributed by atoms with E-state index in [1.54, 1.807) is 43.0 Å². The molecular weight excluding hydrogens is 419 g/mol. The van der Waals surface area contributed by atoms with Crippen LogP contribution in [-0.4, -0.2) is 25.8 Å². The fourth-order valence-corrected chi connectivity index (χ4v) is 3.75. The van der Waals surface area contributed by atoms with Crippen molar-refractivity contribution < 1.29 is 9.18 Å². The Morgan fingerprint density at radius 3 is 2.67 bits per heavy atom. The predicted octanol–water partition coefficient (Wildman–Crippen LogP) is 4.01. The van der Waals surface area contributed by atoms with Crippen LogP contribution in [0, 0.1) is 5.82 Å². The summed E-state index contributed by atoms with van der Waals surface area (Å²) in [5.74, 6) is -0.200. The Bertz CT molecular complexity index is 1470. The summed E-state index contributed by atoms with van der Waals surface area (Å²) < 4.78 is 13.8. The lowest BCUT2D eigenvalue weighted by Crippen LogP contribution is -2.30. The van der Waals surface area contributed by atoms with E-state index < -0.39 is 11.9 Å². The molecule has 0 aliphatic heterocycles. The lowest BCUT2D eigenvalue weighted by molar-refractivity contribution is 0.0935. The average Bonchev–Trinajstić information content (AvgIpc) is 2.84. The van der Waals surface area contributed by atoms with E-state index in [1.165, 1.54) is 12.1 Å². The number of halogens is 1. The molecule has 33 heavy (non-hydrogen) atoms. The summed E-state index contributed by atoms with van der Waals surface area (Å²) in [6.45, 7) is 0. The van der Waals surface area contributed by atoms with Gasteiger partial charge in [0.05, 0.1) is 29.0 Å². The van der Waals surface area contributed by atoms with Crippen molar-refractivity contribution in [1.82, 2.24) is 25.3 Å². The molecule has 0 spiro atoms. The molecule has 0 fully saturated rings. The Kier molecular flexibility index (Phi) is 5.32. The topological polar surface area (TPSA) is 107 Å². The van der Waals surface area contributed by atoms with E-state index >= 15 is 0 Å². The summed E-state index contributed by atoms with van der Waals surface area (Å²) in [7, 11) is 0. The molecule has 3 N–H and O–H groups in total. The van der Waals surface area contributed by atoms with Crippen LogP contribution in [0.15, 0.2) is 79.4 Å². The number of benzene rings is 2. The van der Waals surface area contributed by atoms with Crippen LogP contribution in [0.2, 0.25) is 0 Å². The van der Waals surface area contributed by atoms with Crippen LogP contribution in [-0.2, 0) is 6.42 Å². The van der Waals surface area contributed by atoms with Gasteiger partial charge in [0, 0.05) is 35.6 Å². The highest BCUT2D eigenvalue weighted by molar-refractivity contribution is 5.94. The molecule has 8 heteroatoms. The van der Waals surface area contributed by atoms with E-state index in [0.29, 0.717) is 34.5 Å². The van der Waals surface area contributed by atoms with Crippen LogP contribution in [0.5, 0.6) is 0 Å². The fraction of sp³-hybridized carbons (Fsp3) is 0.0800. The van der Waals surface area contributed by atoms with Crippen LogP contribution < -0.4 is 11.1 Å². The lowest BCUT2D eigenvalue weighted by atomic mass is 10.00. The first-order chi connectivity index (χ1) is 16.1. The molecular formula is C25H19FN6O. The van der Waals surface area contributed by atoms with E-state index in [-0.39, 0.29) is 5.91 Å². The van der Waals surface area contributed by atoms with Crippen molar-refractivity contribution in [2.75, 3.05) is 5.73 Å². The third-order valence-electron chi connectivity index (χ3n) is 5.43. The van der Waals surface area contributed by atoms with Gasteiger partial charge in [-0.15, -0.1) is 0 Å². The average molecular weight is 438 g/mol. The molecule has 7 nitrogen and oxygen atoms in total. The number of hydrogen-bond acceptors (Lipinski definition) is 6. The molecule has 3 heterocycles. The van der Waals surface area contributed by atoms with E-state index in [9.17, 15) is 9.18 Å². The van der Waals surface area contributed by atoms with Gasteiger partial charge in [0.15, 0.2) is 0 Å². The van der Waals surface area contributed by atoms with Crippen LogP contribution in [0.3, 0.4) is 0 Å². The number of fused-ring (bicyclic) bond motifs is 2. The summed E-state index contributed by atoms with van der Waals surface area (Å²) in [6.07, 6.45) is 6.84. The van der Waals surface area contributed by atoms with Gasteiger partial charge in [-0.05, 0) is 47.7 Å². The third kappa shape index (κ3) is 4.31. The standard InChI is InChI=1S/C25H19FN6O/c26-18-2-4-20-22(13-18)31-23(14-30-20)21(32-25(33)16-5-8-28-9-6-16)12-15-1-3-19-17(11-15)7-10-29-24(19)27/h1-11,13-14,21H,12H2,(H2,27,29)(H,32,33). The minimum Gasteiger partial charge on any atom is -0.383 e. The Morgan fingerprint density at radius 1 is 0.970 bits per heavy atom. The number of rotatable bonds is 5. The van der Waals surface area contributed by atoms with E-state index in [1.807, 2.05) is 24.3 Å². The minimum absolute atomic E-state index is 0.266. The molecule has 0 saturated carbocycles. The highest BCUT2D eigenvalue weighted by Crippen LogP contribution is 2.24. The molecule has 3 aromatic heterocycles. The van der Waals surface area contributed by atoms with E-state index in [2.05, 4.69) is 25.3 Å². The van der Waals surface area contributed by atoms with Gasteiger partial charge in [-0.3, -0.25) is 14.8 Å². The molecule has 0 saturated heterocycles. The highest BCUT2D eigenvalue weighted by Gasteiger charge is 2.19. The Balaban J connectivity index is 1.53. The number of carbonyl (C=O) groups excluding carboxylic acids is 1. The third-order valence-corrected chi connectivity index (χ3v) is 5.43. The second kappa shape index (κ2) is 8.58. The maximum atomic E-state index is 13.8. The molecule has 2 aromatic carbocycles. The van der Waals surface area contributed by atoms with Gasteiger partial charge in [0.2, 0.25) is 0 Å². The molecule has 1 atom stereocenters. The first kappa shape index (κ1) is 20.4. The Morgan fingerprint density at radius 2 is 1.82 bits per heavy atom. The van der Waals surface area contributed by atoms with Crippen molar-refractivity contribution in [3.05, 3.63) is 102 Å². The second-order valence-electron chi connectivity index (χ2n) is 7.65. The number of nitrogen functional groups attached to an aromatic ring is 1. The molecule has 0 radical (unpaired) electrons. The van der Waals surface area contributed by atoms with Crippen molar-refractivity contribution in [3.63, 3.8) is 0 Å². The summed E-state index contributed by atoms with van der Waals surface area (Å²) in [5, 5.41) is 4.85. The van der Waals surface area contributed by atoms with Crippen molar-refractivity contribution >= 4 is 33.5 Å². The van der Waals surface area contributed by atoms with Gasteiger partial charge in [0.1, 0.15) is 11.6 Å². The first-order valence-corrected chi connectivity index (χ1v) is 10.3. The normalized spacial score (nSPS) is 12.0. The zero-order valence-electron chi connectivity index (χ0n) is 17.4. The fourth-order valence-electron chi connectivity index (χ4n) is 3.75. The second-order valence-corrected chi connectivity index (χ2v) is 7.65. The van der Waals surface area contributed by atoms with Gasteiger partial charge in [-0.25, -0.2) is 14.4 Å². The van der Waals surface area contributed by atoms with E-state index in [4.69, 9.17) is 5.73 Å². The summed E-state index contributed by atoms with van der Waals surface area (Å²) in [4.78, 5) is 30.0. The number of pyridine rings is 2. The number of nitrogens with zero attached hydrogens (tertiary/aromatic N) is 4. The zero-order chi connectivity index (χ0) is 22.8. The summed E-state index contributed by atoms with van der Waals surface area (Å²) >= 11 is 0. The van der Waals surface area contributed by atoms with Crippen LogP contribution in [0.25, 0.3) is 21.8 Å². The van der Waals surface area contributed by atoms with E-state index in [0.717, 1.165) is 16.3 Å². The molecule has 0 aliphatic rings. The van der Waals surface area contributed by atoms with Gasteiger partial charge in [0.25, 0.3) is 5.91 Å². The molecule has 0 aliphatic carbocycles. The quantitative estimate of drug-likeness (QED) is 0.429. The smallest absolute Gasteiger partial charge is 0.251 e. The summed E-state index contributed by atoms with van der Waals surface area (Å²) in [6, 6.07) is 14.8. The van der Waals surface area contributed by atoms with Crippen molar-refractivity contribution in [3.8, 4) is 0 Å². The van der Waals surface area contributed by atoms with Crippen molar-refractivity contribution in [1.29, 1.82) is 0 Å². The number of hydrogen-bond donors (Lipinski definition) is 2. The number of amides is 1. The maximum Gasteiger partial charge on any atom is 0.251 e. The molecule has 162 valence electrons. The maximum absolute atomic E-state index is 13.8. The number of anilines is 1. The largest absolute Gasteiger partial charge is 0.383 e. The van der Waals surface area contributed by atoms with Crippen molar-refractivity contribution in [2.24, 2.45) is 0 Å². The Hall–Kier alpha value is -4.46. The highest BCUT2D eigenvalue weighted by atomic mass is 19.1. The summed E-state index contributed by atoms with van der Waals surface area (Å²) in [5.41, 5.74) is 8.95. The number of aromatic nitrogens is 4. The van der Waals surface area contributed by atoms with Gasteiger partial charge in [-0.1, -0.05) is 18.2 Å². The number of carbonyl (C=O) groups is 1. The van der Waals surface area contributed by atoms with Gasteiger partial charge in [-0.2, -0.15) is 0 Å². The monoisotopic (exact) mass is 438 g/mol. The van der Waals surface area contributed by atoms with Crippen LogP contribution in [0.4, 0.5) is 10.2 Å². The SMILES string of the molecule is Nc1nccc2cc(CC(NC(=O)c3ccncc3)c3cnc4ccc(F)cc4n3)ccc12. The molecule has 5 rings (SSSR count). The molecule has 0 bridgehead atoms. The molecule has 1 unspecified atom stereocenters. The van der Waals surface area contributed by atoms with Crippen molar-refractivity contribution in [2.45, 2.75) is 12.5 Å². The predicted molar refractivity (Wildman–Crippen MR) is 124 cm³/mol.